The van der Waals surface area contributed by atoms with Crippen LogP contribution in [0.3, 0.4) is 0 Å². The molecular formula is C10H17N3O. The number of likely N-dealkylation sites (N-methyl/N-ethyl adjacent to an activating group) is 1. The van der Waals surface area contributed by atoms with Crippen molar-refractivity contribution < 1.29 is 4.74 Å². The van der Waals surface area contributed by atoms with Crippen LogP contribution in [0.4, 0.5) is 5.69 Å². The first-order chi connectivity index (χ1) is 6.72. The number of nitrogens with zero attached hydrogens (tertiary/aromatic N) is 2. The molecule has 0 aliphatic heterocycles. The molecule has 0 atom stereocenters. The number of anilines is 1. The topological polar surface area (TPSA) is 51.4 Å². The summed E-state index contributed by atoms with van der Waals surface area (Å²) in [4.78, 5) is 6.37. The van der Waals surface area contributed by atoms with Gasteiger partial charge in [0.1, 0.15) is 0 Å². The minimum absolute atomic E-state index is 0.702. The fourth-order valence-corrected chi connectivity index (χ4v) is 1.13. The monoisotopic (exact) mass is 195 g/mol. The summed E-state index contributed by atoms with van der Waals surface area (Å²) >= 11 is 0. The normalized spacial score (nSPS) is 10.8. The van der Waals surface area contributed by atoms with E-state index in [-0.39, 0.29) is 0 Å². The lowest BCUT2D eigenvalue weighted by molar-refractivity contribution is 0.158. The van der Waals surface area contributed by atoms with E-state index in [0.717, 1.165) is 25.4 Å². The van der Waals surface area contributed by atoms with Gasteiger partial charge in [-0.2, -0.15) is 0 Å². The van der Waals surface area contributed by atoms with Gasteiger partial charge >= 0.3 is 0 Å². The third-order valence-corrected chi connectivity index (χ3v) is 1.96. The molecule has 1 aromatic rings. The molecule has 2 N–H and O–H groups in total. The van der Waals surface area contributed by atoms with Gasteiger partial charge in [0.25, 0.3) is 0 Å². The van der Waals surface area contributed by atoms with Crippen molar-refractivity contribution in [1.82, 2.24) is 9.88 Å². The van der Waals surface area contributed by atoms with Crippen molar-refractivity contribution >= 4 is 5.69 Å². The van der Waals surface area contributed by atoms with Crippen molar-refractivity contribution in [1.29, 1.82) is 0 Å². The summed E-state index contributed by atoms with van der Waals surface area (Å²) < 4.78 is 4.99. The Morgan fingerprint density at radius 3 is 2.86 bits per heavy atom. The van der Waals surface area contributed by atoms with E-state index in [0.29, 0.717) is 5.69 Å². The third-order valence-electron chi connectivity index (χ3n) is 1.96. The Hall–Kier alpha value is -1.13. The van der Waals surface area contributed by atoms with Gasteiger partial charge < -0.3 is 10.5 Å². The first kappa shape index (κ1) is 10.9. The first-order valence-corrected chi connectivity index (χ1v) is 4.60. The molecule has 0 saturated carbocycles. The molecule has 78 valence electrons. The standard InChI is InChI=1S/C10H17N3O/c1-13(5-6-14-2)8-10-4-3-9(11)7-12-10/h3-4,7H,5-6,8,11H2,1-2H3. The van der Waals surface area contributed by atoms with Crippen LogP contribution >= 0.6 is 0 Å². The quantitative estimate of drug-likeness (QED) is 0.753. The van der Waals surface area contributed by atoms with Crippen LogP contribution in [0.1, 0.15) is 5.69 Å². The Balaban J connectivity index is 2.39. The summed E-state index contributed by atoms with van der Waals surface area (Å²) in [6.07, 6.45) is 1.68. The Kier molecular flexibility index (Phi) is 4.35. The molecular weight excluding hydrogens is 178 g/mol. The van der Waals surface area contributed by atoms with Crippen LogP contribution in [0.5, 0.6) is 0 Å². The molecule has 4 heteroatoms. The third kappa shape index (κ3) is 3.72. The zero-order valence-corrected chi connectivity index (χ0v) is 8.73. The van der Waals surface area contributed by atoms with Gasteiger partial charge in [0.05, 0.1) is 24.2 Å². The lowest BCUT2D eigenvalue weighted by atomic mass is 10.3. The van der Waals surface area contributed by atoms with Crippen LogP contribution in [0.25, 0.3) is 0 Å². The number of nitrogen functional groups attached to an aromatic ring is 1. The molecule has 0 amide bonds. The van der Waals surface area contributed by atoms with Gasteiger partial charge in [-0.15, -0.1) is 0 Å². The minimum Gasteiger partial charge on any atom is -0.397 e. The van der Waals surface area contributed by atoms with E-state index in [2.05, 4.69) is 9.88 Å². The fraction of sp³-hybridized carbons (Fsp3) is 0.500. The second-order valence-corrected chi connectivity index (χ2v) is 3.31. The van der Waals surface area contributed by atoms with E-state index in [1.54, 1.807) is 13.3 Å². The molecule has 1 aromatic heterocycles. The van der Waals surface area contributed by atoms with Crippen molar-refractivity contribution in [3.8, 4) is 0 Å². The van der Waals surface area contributed by atoms with Crippen LogP contribution in [-0.4, -0.2) is 37.2 Å². The summed E-state index contributed by atoms with van der Waals surface area (Å²) in [7, 11) is 3.74. The number of pyridine rings is 1. The molecule has 14 heavy (non-hydrogen) atoms. The van der Waals surface area contributed by atoms with Gasteiger partial charge in [-0.05, 0) is 19.2 Å². The van der Waals surface area contributed by atoms with Crippen LogP contribution in [0.15, 0.2) is 18.3 Å². The fourth-order valence-electron chi connectivity index (χ4n) is 1.13. The molecule has 0 bridgehead atoms. The number of methoxy groups -OCH3 is 1. The molecule has 0 aliphatic carbocycles. The largest absolute Gasteiger partial charge is 0.397 e. The van der Waals surface area contributed by atoms with E-state index < -0.39 is 0 Å². The first-order valence-electron chi connectivity index (χ1n) is 4.60. The predicted molar refractivity (Wildman–Crippen MR) is 56.9 cm³/mol. The minimum atomic E-state index is 0.702. The van der Waals surface area contributed by atoms with Gasteiger partial charge in [-0.1, -0.05) is 0 Å². The SMILES string of the molecule is COCCN(C)Cc1ccc(N)cn1. The van der Waals surface area contributed by atoms with E-state index in [1.807, 2.05) is 19.2 Å². The number of nitrogens with two attached hydrogens (primary N) is 1. The number of hydrogen-bond acceptors (Lipinski definition) is 4. The zero-order valence-electron chi connectivity index (χ0n) is 8.73. The molecule has 0 aromatic carbocycles. The Bertz CT molecular complexity index is 261. The van der Waals surface area contributed by atoms with Crippen LogP contribution in [0.2, 0.25) is 0 Å². The van der Waals surface area contributed by atoms with Gasteiger partial charge in [-0.25, -0.2) is 0 Å². The Morgan fingerprint density at radius 1 is 1.50 bits per heavy atom. The second kappa shape index (κ2) is 5.57. The average molecular weight is 195 g/mol. The van der Waals surface area contributed by atoms with Crippen molar-refractivity contribution in [2.24, 2.45) is 0 Å². The molecule has 0 aliphatic rings. The second-order valence-electron chi connectivity index (χ2n) is 3.31. The Morgan fingerprint density at radius 2 is 2.29 bits per heavy atom. The maximum absolute atomic E-state index is 5.54. The highest BCUT2D eigenvalue weighted by Gasteiger charge is 2.00. The Labute approximate surface area is 84.7 Å². The lowest BCUT2D eigenvalue weighted by Gasteiger charge is -2.15. The van der Waals surface area contributed by atoms with Crippen molar-refractivity contribution in [3.05, 3.63) is 24.0 Å². The highest BCUT2D eigenvalue weighted by Crippen LogP contribution is 2.03. The van der Waals surface area contributed by atoms with Crippen molar-refractivity contribution in [3.63, 3.8) is 0 Å². The predicted octanol–water partition coefficient (Wildman–Crippen LogP) is 0.742. The molecule has 0 radical (unpaired) electrons. The van der Waals surface area contributed by atoms with E-state index in [1.165, 1.54) is 0 Å². The number of hydrogen-bond donors (Lipinski definition) is 1. The zero-order chi connectivity index (χ0) is 10.4. The van der Waals surface area contributed by atoms with Gasteiger partial charge in [0, 0.05) is 20.2 Å². The van der Waals surface area contributed by atoms with Gasteiger partial charge in [0.15, 0.2) is 0 Å². The summed E-state index contributed by atoms with van der Waals surface area (Å²) in [5.74, 6) is 0. The van der Waals surface area contributed by atoms with E-state index >= 15 is 0 Å². The summed E-state index contributed by atoms with van der Waals surface area (Å²) in [6, 6.07) is 3.81. The average Bonchev–Trinajstić information content (AvgIpc) is 2.18. The summed E-state index contributed by atoms with van der Waals surface area (Å²) in [5.41, 5.74) is 7.27. The molecule has 0 unspecified atom stereocenters. The lowest BCUT2D eigenvalue weighted by Crippen LogP contribution is -2.22. The molecule has 0 fully saturated rings. The van der Waals surface area contributed by atoms with Crippen molar-refractivity contribution in [2.45, 2.75) is 6.54 Å². The highest BCUT2D eigenvalue weighted by atomic mass is 16.5. The van der Waals surface area contributed by atoms with Crippen LogP contribution in [-0.2, 0) is 11.3 Å². The number of rotatable bonds is 5. The molecule has 1 rings (SSSR count). The summed E-state index contributed by atoms with van der Waals surface area (Å²) in [6.45, 7) is 2.47. The maximum Gasteiger partial charge on any atom is 0.0589 e. The highest BCUT2D eigenvalue weighted by molar-refractivity contribution is 5.34. The van der Waals surface area contributed by atoms with Crippen molar-refractivity contribution in [2.75, 3.05) is 33.0 Å². The molecule has 0 spiro atoms. The number of ether oxygens (including phenoxy) is 1. The molecule has 0 saturated heterocycles. The number of aromatic nitrogens is 1. The van der Waals surface area contributed by atoms with Gasteiger partial charge in [-0.3, -0.25) is 9.88 Å². The summed E-state index contributed by atoms with van der Waals surface area (Å²) in [5, 5.41) is 0. The van der Waals surface area contributed by atoms with Crippen LogP contribution in [0, 0.1) is 0 Å². The van der Waals surface area contributed by atoms with Crippen LogP contribution < -0.4 is 5.73 Å². The molecule has 1 heterocycles. The van der Waals surface area contributed by atoms with Gasteiger partial charge in [0.2, 0.25) is 0 Å². The van der Waals surface area contributed by atoms with E-state index in [4.69, 9.17) is 10.5 Å². The van der Waals surface area contributed by atoms with E-state index in [9.17, 15) is 0 Å². The maximum atomic E-state index is 5.54. The smallest absolute Gasteiger partial charge is 0.0589 e. The molecule has 4 nitrogen and oxygen atoms in total.